The van der Waals surface area contributed by atoms with E-state index in [1.54, 1.807) is 6.33 Å². The molecule has 2 heterocycles. The molecule has 0 bridgehead atoms. The molecule has 0 aliphatic carbocycles. The maximum absolute atomic E-state index is 4.21. The number of hydrogen-bond acceptors (Lipinski definition) is 3. The molecule has 1 aromatic carbocycles. The number of anilines is 1. The normalized spacial score (nSPS) is 15.3. The van der Waals surface area contributed by atoms with Crippen LogP contribution >= 0.6 is 0 Å². The minimum absolute atomic E-state index is 0.938. The Kier molecular flexibility index (Phi) is 2.78. The second kappa shape index (κ2) is 4.44. The van der Waals surface area contributed by atoms with Crippen LogP contribution in [-0.2, 0) is 7.05 Å². The van der Waals surface area contributed by atoms with E-state index in [9.17, 15) is 0 Å². The molecule has 1 aliphatic rings. The van der Waals surface area contributed by atoms with Gasteiger partial charge in [0.1, 0.15) is 6.33 Å². The molecule has 4 heteroatoms. The second-order valence-electron chi connectivity index (χ2n) is 4.91. The standard InChI is InChI=1S/C14H18N4/c1-11-12(14-16-15-10-17(14)2)6-5-7-13(11)18-8-3-4-9-18/h5-7,10H,3-4,8-9H2,1-2H3. The van der Waals surface area contributed by atoms with Crippen LogP contribution < -0.4 is 4.90 Å². The minimum Gasteiger partial charge on any atom is -0.371 e. The van der Waals surface area contributed by atoms with Crippen LogP contribution in [-0.4, -0.2) is 27.9 Å². The maximum Gasteiger partial charge on any atom is 0.163 e. The van der Waals surface area contributed by atoms with Crippen LogP contribution in [0.5, 0.6) is 0 Å². The van der Waals surface area contributed by atoms with E-state index >= 15 is 0 Å². The molecule has 1 fully saturated rings. The highest BCUT2D eigenvalue weighted by Gasteiger charge is 2.17. The zero-order chi connectivity index (χ0) is 12.5. The summed E-state index contributed by atoms with van der Waals surface area (Å²) in [5.74, 6) is 0.938. The van der Waals surface area contributed by atoms with Crippen molar-refractivity contribution in [2.45, 2.75) is 19.8 Å². The van der Waals surface area contributed by atoms with Crippen LogP contribution in [0.1, 0.15) is 18.4 Å². The largest absolute Gasteiger partial charge is 0.371 e. The number of rotatable bonds is 2. The molecule has 0 amide bonds. The van der Waals surface area contributed by atoms with Gasteiger partial charge in [0.2, 0.25) is 0 Å². The summed E-state index contributed by atoms with van der Waals surface area (Å²) in [4.78, 5) is 2.47. The summed E-state index contributed by atoms with van der Waals surface area (Å²) >= 11 is 0. The van der Waals surface area contributed by atoms with Crippen molar-refractivity contribution in [1.82, 2.24) is 14.8 Å². The molecule has 0 N–H and O–H groups in total. The minimum atomic E-state index is 0.938. The molecule has 0 radical (unpaired) electrons. The fourth-order valence-corrected chi connectivity index (χ4v) is 2.69. The van der Waals surface area contributed by atoms with E-state index < -0.39 is 0 Å². The van der Waals surface area contributed by atoms with Gasteiger partial charge in [-0.3, -0.25) is 0 Å². The second-order valence-corrected chi connectivity index (χ2v) is 4.91. The van der Waals surface area contributed by atoms with Crippen molar-refractivity contribution >= 4 is 5.69 Å². The van der Waals surface area contributed by atoms with Crippen molar-refractivity contribution in [3.05, 3.63) is 30.1 Å². The summed E-state index contributed by atoms with van der Waals surface area (Å²) in [7, 11) is 1.98. The summed E-state index contributed by atoms with van der Waals surface area (Å²) in [5.41, 5.74) is 3.82. The maximum atomic E-state index is 4.21. The summed E-state index contributed by atoms with van der Waals surface area (Å²) in [5, 5.41) is 8.17. The average Bonchev–Trinajstić information content (AvgIpc) is 3.01. The van der Waals surface area contributed by atoms with E-state index in [1.807, 2.05) is 11.6 Å². The molecule has 94 valence electrons. The third-order valence-corrected chi connectivity index (χ3v) is 3.70. The molecule has 0 spiro atoms. The van der Waals surface area contributed by atoms with E-state index in [4.69, 9.17) is 0 Å². The van der Waals surface area contributed by atoms with Gasteiger partial charge in [-0.15, -0.1) is 10.2 Å². The lowest BCUT2D eigenvalue weighted by atomic mass is 10.1. The Balaban J connectivity index is 2.06. The van der Waals surface area contributed by atoms with Gasteiger partial charge in [-0.25, -0.2) is 0 Å². The number of aromatic nitrogens is 3. The Morgan fingerprint density at radius 3 is 2.61 bits per heavy atom. The lowest BCUT2D eigenvalue weighted by Crippen LogP contribution is -2.18. The van der Waals surface area contributed by atoms with Crippen molar-refractivity contribution in [2.75, 3.05) is 18.0 Å². The van der Waals surface area contributed by atoms with Crippen LogP contribution in [0.3, 0.4) is 0 Å². The van der Waals surface area contributed by atoms with E-state index in [0.717, 1.165) is 5.82 Å². The molecule has 1 aromatic heterocycles. The van der Waals surface area contributed by atoms with Crippen molar-refractivity contribution in [1.29, 1.82) is 0 Å². The highest BCUT2D eigenvalue weighted by molar-refractivity contribution is 5.70. The highest BCUT2D eigenvalue weighted by atomic mass is 15.2. The lowest BCUT2D eigenvalue weighted by Gasteiger charge is -2.21. The Hall–Kier alpha value is -1.84. The molecule has 0 atom stereocenters. The summed E-state index contributed by atoms with van der Waals surface area (Å²) in [6, 6.07) is 6.45. The van der Waals surface area contributed by atoms with E-state index in [2.05, 4.69) is 40.2 Å². The first-order chi connectivity index (χ1) is 8.77. The molecular weight excluding hydrogens is 224 g/mol. The van der Waals surface area contributed by atoms with Crippen LogP contribution in [0.25, 0.3) is 11.4 Å². The molecule has 0 unspecified atom stereocenters. The summed E-state index contributed by atoms with van der Waals surface area (Å²) in [6.07, 6.45) is 4.35. The molecule has 0 saturated carbocycles. The molecular formula is C14H18N4. The predicted octanol–water partition coefficient (Wildman–Crippen LogP) is 2.39. The third kappa shape index (κ3) is 1.78. The fraction of sp³-hybridized carbons (Fsp3) is 0.429. The van der Waals surface area contributed by atoms with Gasteiger partial charge in [-0.1, -0.05) is 12.1 Å². The molecule has 2 aromatic rings. The van der Waals surface area contributed by atoms with E-state index in [-0.39, 0.29) is 0 Å². The van der Waals surface area contributed by atoms with Gasteiger partial charge in [-0.2, -0.15) is 0 Å². The number of aryl methyl sites for hydroxylation is 1. The van der Waals surface area contributed by atoms with Gasteiger partial charge in [-0.05, 0) is 31.4 Å². The number of hydrogen-bond donors (Lipinski definition) is 0. The number of nitrogens with zero attached hydrogens (tertiary/aromatic N) is 4. The van der Waals surface area contributed by atoms with Gasteiger partial charge in [0.15, 0.2) is 5.82 Å². The average molecular weight is 242 g/mol. The molecule has 18 heavy (non-hydrogen) atoms. The zero-order valence-electron chi connectivity index (χ0n) is 10.9. The van der Waals surface area contributed by atoms with Crippen molar-refractivity contribution < 1.29 is 0 Å². The highest BCUT2D eigenvalue weighted by Crippen LogP contribution is 2.31. The monoisotopic (exact) mass is 242 g/mol. The van der Waals surface area contributed by atoms with Crippen molar-refractivity contribution in [2.24, 2.45) is 7.05 Å². The van der Waals surface area contributed by atoms with Gasteiger partial charge < -0.3 is 9.47 Å². The Morgan fingerprint density at radius 2 is 1.94 bits per heavy atom. The topological polar surface area (TPSA) is 34.0 Å². The Labute approximate surface area is 107 Å². The van der Waals surface area contributed by atoms with Gasteiger partial charge in [0.05, 0.1) is 0 Å². The smallest absolute Gasteiger partial charge is 0.163 e. The quantitative estimate of drug-likeness (QED) is 0.811. The Bertz CT molecular complexity index is 553. The first-order valence-corrected chi connectivity index (χ1v) is 6.46. The first kappa shape index (κ1) is 11.3. The Morgan fingerprint density at radius 1 is 1.17 bits per heavy atom. The van der Waals surface area contributed by atoms with Crippen LogP contribution in [0.2, 0.25) is 0 Å². The van der Waals surface area contributed by atoms with Gasteiger partial charge in [0, 0.05) is 31.4 Å². The SMILES string of the molecule is Cc1c(-c2nncn2C)cccc1N1CCCC1. The molecule has 3 rings (SSSR count). The van der Waals surface area contributed by atoms with Crippen molar-refractivity contribution in [3.63, 3.8) is 0 Å². The predicted molar refractivity (Wildman–Crippen MR) is 72.6 cm³/mol. The van der Waals surface area contributed by atoms with Gasteiger partial charge >= 0.3 is 0 Å². The zero-order valence-corrected chi connectivity index (χ0v) is 10.9. The van der Waals surface area contributed by atoms with Crippen LogP contribution in [0, 0.1) is 6.92 Å². The van der Waals surface area contributed by atoms with E-state index in [1.165, 1.54) is 42.7 Å². The first-order valence-electron chi connectivity index (χ1n) is 6.46. The summed E-state index contributed by atoms with van der Waals surface area (Å²) < 4.78 is 1.97. The number of benzene rings is 1. The van der Waals surface area contributed by atoms with E-state index in [0.29, 0.717) is 0 Å². The van der Waals surface area contributed by atoms with Crippen molar-refractivity contribution in [3.8, 4) is 11.4 Å². The molecule has 1 saturated heterocycles. The lowest BCUT2D eigenvalue weighted by molar-refractivity contribution is 0.916. The fourth-order valence-electron chi connectivity index (χ4n) is 2.69. The van der Waals surface area contributed by atoms with Crippen LogP contribution in [0.15, 0.2) is 24.5 Å². The summed E-state index contributed by atoms with van der Waals surface area (Å²) in [6.45, 7) is 4.52. The van der Waals surface area contributed by atoms with Crippen LogP contribution in [0.4, 0.5) is 5.69 Å². The molecule has 4 nitrogen and oxygen atoms in total. The third-order valence-electron chi connectivity index (χ3n) is 3.70. The molecule has 1 aliphatic heterocycles. The van der Waals surface area contributed by atoms with Gasteiger partial charge in [0.25, 0.3) is 0 Å².